The van der Waals surface area contributed by atoms with Crippen molar-refractivity contribution in [2.24, 2.45) is 0 Å². The fourth-order valence-electron chi connectivity index (χ4n) is 2.58. The molecule has 3 rings (SSSR count). The second-order valence-electron chi connectivity index (χ2n) is 5.27. The standard InChI is InChI=1S/C14H17N5O2/c1-2-10-3-5-15-11(7-10)13(20)19-6-4-14(21,9-19)12-8-16-18-17-12/h3,5,7-8,21H,2,4,6,9H2,1H3,(H,16,17,18)/t14-/m0/s1. The van der Waals surface area contributed by atoms with E-state index in [2.05, 4.69) is 20.4 Å². The van der Waals surface area contributed by atoms with Crippen molar-refractivity contribution < 1.29 is 9.90 Å². The monoisotopic (exact) mass is 287 g/mol. The van der Waals surface area contributed by atoms with Gasteiger partial charge in [0.25, 0.3) is 5.91 Å². The molecule has 0 aliphatic carbocycles. The van der Waals surface area contributed by atoms with E-state index < -0.39 is 5.60 Å². The summed E-state index contributed by atoms with van der Waals surface area (Å²) in [5, 5.41) is 20.7. The highest BCUT2D eigenvalue weighted by Gasteiger charge is 2.41. The Bertz CT molecular complexity index is 643. The van der Waals surface area contributed by atoms with Gasteiger partial charge in [0.2, 0.25) is 0 Å². The molecular formula is C14H17N5O2. The first-order chi connectivity index (χ1) is 10.1. The van der Waals surface area contributed by atoms with E-state index in [4.69, 9.17) is 0 Å². The van der Waals surface area contributed by atoms with E-state index in [1.807, 2.05) is 13.0 Å². The second kappa shape index (κ2) is 5.25. The van der Waals surface area contributed by atoms with Crippen molar-refractivity contribution in [3.8, 4) is 0 Å². The van der Waals surface area contributed by atoms with Crippen molar-refractivity contribution in [2.75, 3.05) is 13.1 Å². The van der Waals surface area contributed by atoms with Crippen LogP contribution in [0, 0.1) is 0 Å². The number of likely N-dealkylation sites (tertiary alicyclic amines) is 1. The molecule has 1 saturated heterocycles. The Hall–Kier alpha value is -2.28. The number of hydrogen-bond donors (Lipinski definition) is 2. The molecule has 0 saturated carbocycles. The average molecular weight is 287 g/mol. The lowest BCUT2D eigenvalue weighted by Gasteiger charge is -2.20. The van der Waals surface area contributed by atoms with E-state index in [0.717, 1.165) is 12.0 Å². The van der Waals surface area contributed by atoms with Gasteiger partial charge in [0.05, 0.1) is 12.7 Å². The first kappa shape index (κ1) is 13.7. The van der Waals surface area contributed by atoms with Gasteiger partial charge < -0.3 is 10.0 Å². The van der Waals surface area contributed by atoms with Gasteiger partial charge in [0.1, 0.15) is 17.0 Å². The molecule has 3 heterocycles. The minimum atomic E-state index is -1.13. The first-order valence-corrected chi connectivity index (χ1v) is 6.95. The van der Waals surface area contributed by atoms with Gasteiger partial charge in [-0.3, -0.25) is 9.78 Å². The Labute approximate surface area is 122 Å². The number of nitrogens with one attached hydrogen (secondary N) is 1. The third-order valence-corrected chi connectivity index (χ3v) is 3.88. The quantitative estimate of drug-likeness (QED) is 0.857. The summed E-state index contributed by atoms with van der Waals surface area (Å²) in [6.07, 6.45) is 4.43. The maximum Gasteiger partial charge on any atom is 0.272 e. The van der Waals surface area contributed by atoms with E-state index in [1.165, 1.54) is 6.20 Å². The van der Waals surface area contributed by atoms with E-state index in [-0.39, 0.29) is 12.5 Å². The van der Waals surface area contributed by atoms with Crippen molar-refractivity contribution in [1.82, 2.24) is 25.3 Å². The van der Waals surface area contributed by atoms with Crippen LogP contribution in [0.5, 0.6) is 0 Å². The predicted octanol–water partition coefficient (Wildman–Crippen LogP) is 0.496. The zero-order valence-corrected chi connectivity index (χ0v) is 11.8. The molecule has 7 heteroatoms. The Morgan fingerprint density at radius 3 is 3.14 bits per heavy atom. The summed E-state index contributed by atoms with van der Waals surface area (Å²) in [7, 11) is 0. The molecule has 1 fully saturated rings. The lowest BCUT2D eigenvalue weighted by Crippen LogP contribution is -2.35. The van der Waals surface area contributed by atoms with Gasteiger partial charge in [-0.1, -0.05) is 6.92 Å². The van der Waals surface area contributed by atoms with Crippen molar-refractivity contribution in [3.63, 3.8) is 0 Å². The van der Waals surface area contributed by atoms with Gasteiger partial charge >= 0.3 is 0 Å². The number of aliphatic hydroxyl groups is 1. The van der Waals surface area contributed by atoms with Crippen molar-refractivity contribution >= 4 is 5.91 Å². The third-order valence-electron chi connectivity index (χ3n) is 3.88. The summed E-state index contributed by atoms with van der Waals surface area (Å²) in [6, 6.07) is 3.70. The Kier molecular flexibility index (Phi) is 3.42. The molecule has 21 heavy (non-hydrogen) atoms. The molecule has 7 nitrogen and oxygen atoms in total. The molecule has 0 bridgehead atoms. The lowest BCUT2D eigenvalue weighted by molar-refractivity contribution is 0.0380. The van der Waals surface area contributed by atoms with Crippen LogP contribution < -0.4 is 0 Å². The van der Waals surface area contributed by atoms with Crippen molar-refractivity contribution in [3.05, 3.63) is 41.5 Å². The highest BCUT2D eigenvalue weighted by Crippen LogP contribution is 2.30. The fourth-order valence-corrected chi connectivity index (χ4v) is 2.58. The van der Waals surface area contributed by atoms with Gasteiger partial charge in [-0.25, -0.2) is 0 Å². The van der Waals surface area contributed by atoms with E-state index in [1.54, 1.807) is 17.2 Å². The summed E-state index contributed by atoms with van der Waals surface area (Å²) >= 11 is 0. The van der Waals surface area contributed by atoms with Crippen molar-refractivity contribution in [2.45, 2.75) is 25.4 Å². The molecule has 110 valence electrons. The van der Waals surface area contributed by atoms with Crippen LogP contribution in [0.4, 0.5) is 0 Å². The van der Waals surface area contributed by atoms with Gasteiger partial charge in [0.15, 0.2) is 0 Å². The highest BCUT2D eigenvalue weighted by molar-refractivity contribution is 5.92. The third kappa shape index (κ3) is 2.52. The number of β-amino-alcohol motifs (C(OH)–C–C–N with tert-alkyl or cyclic N) is 1. The second-order valence-corrected chi connectivity index (χ2v) is 5.27. The number of H-pyrrole nitrogens is 1. The molecule has 0 spiro atoms. The molecule has 1 aliphatic heterocycles. The van der Waals surface area contributed by atoms with Crippen LogP contribution in [-0.2, 0) is 12.0 Å². The normalized spacial score (nSPS) is 21.7. The summed E-state index contributed by atoms with van der Waals surface area (Å²) < 4.78 is 0. The summed E-state index contributed by atoms with van der Waals surface area (Å²) in [6.45, 7) is 2.71. The molecule has 1 atom stereocenters. The molecule has 2 aromatic heterocycles. The number of rotatable bonds is 3. The number of amides is 1. The minimum absolute atomic E-state index is 0.162. The molecule has 2 aromatic rings. The van der Waals surface area contributed by atoms with Crippen LogP contribution in [-0.4, -0.2) is 49.4 Å². The van der Waals surface area contributed by atoms with Crippen LogP contribution in [0.25, 0.3) is 0 Å². The predicted molar refractivity (Wildman–Crippen MR) is 74.4 cm³/mol. The van der Waals surface area contributed by atoms with Crippen LogP contribution >= 0.6 is 0 Å². The number of carbonyl (C=O) groups excluding carboxylic acids is 1. The van der Waals surface area contributed by atoms with Crippen molar-refractivity contribution in [1.29, 1.82) is 0 Å². The Morgan fingerprint density at radius 2 is 2.43 bits per heavy atom. The Morgan fingerprint density at radius 1 is 1.57 bits per heavy atom. The zero-order valence-electron chi connectivity index (χ0n) is 11.8. The molecule has 2 N–H and O–H groups in total. The maximum absolute atomic E-state index is 12.5. The zero-order chi connectivity index (χ0) is 14.9. The molecular weight excluding hydrogens is 270 g/mol. The molecule has 0 unspecified atom stereocenters. The highest BCUT2D eigenvalue weighted by atomic mass is 16.3. The average Bonchev–Trinajstić information content (AvgIpc) is 3.17. The van der Waals surface area contributed by atoms with E-state index in [0.29, 0.717) is 24.4 Å². The van der Waals surface area contributed by atoms with Crippen LogP contribution in [0.15, 0.2) is 24.5 Å². The first-order valence-electron chi connectivity index (χ1n) is 6.95. The molecule has 1 amide bonds. The van der Waals surface area contributed by atoms with E-state index in [9.17, 15) is 9.90 Å². The summed E-state index contributed by atoms with van der Waals surface area (Å²) in [4.78, 5) is 18.2. The van der Waals surface area contributed by atoms with Gasteiger partial charge in [-0.05, 0) is 24.1 Å². The topological polar surface area (TPSA) is 95.0 Å². The maximum atomic E-state index is 12.5. The molecule has 0 aromatic carbocycles. The van der Waals surface area contributed by atoms with Crippen LogP contribution in [0.2, 0.25) is 0 Å². The lowest BCUT2D eigenvalue weighted by atomic mass is 10.00. The summed E-state index contributed by atoms with van der Waals surface area (Å²) in [5.74, 6) is -0.162. The SMILES string of the molecule is CCc1ccnc(C(=O)N2CC[C@@](O)(c3cn[nH]n3)C2)c1. The number of carbonyl (C=O) groups is 1. The number of aromatic nitrogens is 4. The smallest absolute Gasteiger partial charge is 0.272 e. The number of aryl methyl sites for hydroxylation is 1. The number of hydrogen-bond acceptors (Lipinski definition) is 5. The van der Waals surface area contributed by atoms with Gasteiger partial charge in [-0.2, -0.15) is 15.4 Å². The molecule has 1 aliphatic rings. The van der Waals surface area contributed by atoms with Crippen LogP contribution in [0.1, 0.15) is 35.1 Å². The summed E-state index contributed by atoms with van der Waals surface area (Å²) in [5.41, 5.74) is 0.816. The minimum Gasteiger partial charge on any atom is -0.381 e. The van der Waals surface area contributed by atoms with E-state index >= 15 is 0 Å². The van der Waals surface area contributed by atoms with Gasteiger partial charge in [-0.15, -0.1) is 0 Å². The number of aromatic amines is 1. The van der Waals surface area contributed by atoms with Gasteiger partial charge in [0, 0.05) is 19.2 Å². The number of nitrogens with zero attached hydrogens (tertiary/aromatic N) is 4. The molecule has 0 radical (unpaired) electrons. The Balaban J connectivity index is 1.78. The fraction of sp³-hybridized carbons (Fsp3) is 0.429. The van der Waals surface area contributed by atoms with Crippen LogP contribution in [0.3, 0.4) is 0 Å². The number of pyridine rings is 1. The largest absolute Gasteiger partial charge is 0.381 e.